The van der Waals surface area contributed by atoms with Crippen LogP contribution in [0.5, 0.6) is 5.75 Å². The molecule has 0 saturated heterocycles. The summed E-state index contributed by atoms with van der Waals surface area (Å²) in [7, 11) is 0. The van der Waals surface area contributed by atoms with Crippen molar-refractivity contribution < 1.29 is 23.9 Å². The molecule has 1 N–H and O–H groups in total. The molecule has 28 heavy (non-hydrogen) atoms. The van der Waals surface area contributed by atoms with E-state index in [-0.39, 0.29) is 12.5 Å². The highest BCUT2D eigenvalue weighted by Gasteiger charge is 2.35. The minimum Gasteiger partial charge on any atom is -0.475 e. The van der Waals surface area contributed by atoms with E-state index < -0.39 is 24.1 Å². The van der Waals surface area contributed by atoms with Crippen LogP contribution < -0.4 is 15.0 Å². The van der Waals surface area contributed by atoms with E-state index >= 15 is 0 Å². The Morgan fingerprint density at radius 2 is 2.11 bits per heavy atom. The van der Waals surface area contributed by atoms with Crippen LogP contribution in [0.25, 0.3) is 0 Å². The zero-order valence-electron chi connectivity index (χ0n) is 15.2. The summed E-state index contributed by atoms with van der Waals surface area (Å²) < 4.78 is 10.9. The van der Waals surface area contributed by atoms with Crippen molar-refractivity contribution in [1.29, 1.82) is 5.26 Å². The monoisotopic (exact) mass is 399 g/mol. The van der Waals surface area contributed by atoms with Crippen LogP contribution in [0.3, 0.4) is 0 Å². The summed E-state index contributed by atoms with van der Waals surface area (Å²) in [4.78, 5) is 38.1. The maximum absolute atomic E-state index is 12.5. The first-order valence-electron chi connectivity index (χ1n) is 8.43. The number of hydrogen-bond donors (Lipinski definition) is 1. The molecule has 0 aliphatic carbocycles. The van der Waals surface area contributed by atoms with Crippen molar-refractivity contribution in [1.82, 2.24) is 0 Å². The van der Waals surface area contributed by atoms with E-state index in [1.54, 1.807) is 35.7 Å². The van der Waals surface area contributed by atoms with Crippen LogP contribution in [0.4, 0.5) is 10.7 Å². The van der Waals surface area contributed by atoms with Gasteiger partial charge in [0.15, 0.2) is 6.10 Å². The van der Waals surface area contributed by atoms with E-state index in [0.717, 1.165) is 0 Å². The lowest BCUT2D eigenvalue weighted by atomic mass is 10.2. The molecule has 0 unspecified atom stereocenters. The van der Waals surface area contributed by atoms with Gasteiger partial charge in [-0.1, -0.05) is 12.1 Å². The van der Waals surface area contributed by atoms with Gasteiger partial charge in [0.1, 0.15) is 16.8 Å². The Kier molecular flexibility index (Phi) is 5.61. The first kappa shape index (κ1) is 19.4. The van der Waals surface area contributed by atoms with Crippen LogP contribution >= 0.6 is 11.3 Å². The molecule has 1 aliphatic rings. The van der Waals surface area contributed by atoms with Crippen molar-refractivity contribution >= 4 is 39.8 Å². The number of esters is 1. The quantitative estimate of drug-likeness (QED) is 0.790. The summed E-state index contributed by atoms with van der Waals surface area (Å²) >= 11 is 1.20. The molecule has 1 aromatic heterocycles. The van der Waals surface area contributed by atoms with Crippen molar-refractivity contribution in [2.24, 2.45) is 0 Å². The van der Waals surface area contributed by atoms with Crippen LogP contribution in [-0.4, -0.2) is 36.5 Å². The normalized spacial score (nSPS) is 16.2. The van der Waals surface area contributed by atoms with E-state index in [9.17, 15) is 14.4 Å². The van der Waals surface area contributed by atoms with Crippen LogP contribution in [0.2, 0.25) is 0 Å². The third kappa shape index (κ3) is 3.97. The van der Waals surface area contributed by atoms with E-state index in [1.807, 2.05) is 6.07 Å². The molecule has 0 fully saturated rings. The number of benzene rings is 1. The summed E-state index contributed by atoms with van der Waals surface area (Å²) in [5, 5.41) is 13.6. The zero-order chi connectivity index (χ0) is 20.3. The van der Waals surface area contributed by atoms with Crippen molar-refractivity contribution in [3.8, 4) is 11.8 Å². The molecule has 2 atom stereocenters. The average Bonchev–Trinajstić information content (AvgIpc) is 3.13. The van der Waals surface area contributed by atoms with Gasteiger partial charge >= 0.3 is 5.97 Å². The first-order chi connectivity index (χ1) is 13.4. The lowest BCUT2D eigenvalue weighted by Crippen LogP contribution is -2.48. The van der Waals surface area contributed by atoms with Gasteiger partial charge in [-0.2, -0.15) is 5.26 Å². The Morgan fingerprint density at radius 3 is 2.82 bits per heavy atom. The Hall–Kier alpha value is -3.38. The average molecular weight is 399 g/mol. The fraction of sp³-hybridized carbons (Fsp3) is 0.263. The second-order valence-corrected chi connectivity index (χ2v) is 6.96. The smallest absolute Gasteiger partial charge is 0.350 e. The number of rotatable bonds is 4. The number of para-hydroxylation sites is 2. The van der Waals surface area contributed by atoms with Crippen LogP contribution in [0, 0.1) is 11.3 Å². The SMILES string of the molecule is CC(=O)N1C[C@H](C(=O)O[C@H](C)C(=O)Nc2sccc2C#N)Oc2ccccc21. The molecule has 0 bridgehead atoms. The lowest BCUT2D eigenvalue weighted by molar-refractivity contribution is -0.160. The van der Waals surface area contributed by atoms with Gasteiger partial charge < -0.3 is 19.7 Å². The van der Waals surface area contributed by atoms with Crippen molar-refractivity contribution in [2.45, 2.75) is 26.1 Å². The number of nitriles is 1. The molecule has 8 nitrogen and oxygen atoms in total. The molecular formula is C19H17N3O5S. The second-order valence-electron chi connectivity index (χ2n) is 6.05. The molecule has 3 rings (SSSR count). The number of anilines is 2. The highest BCUT2D eigenvalue weighted by molar-refractivity contribution is 7.14. The summed E-state index contributed by atoms with van der Waals surface area (Å²) in [5.74, 6) is -1.16. The Balaban J connectivity index is 1.66. The van der Waals surface area contributed by atoms with E-state index in [2.05, 4.69) is 5.32 Å². The summed E-state index contributed by atoms with van der Waals surface area (Å²) in [6.07, 6.45) is -2.15. The van der Waals surface area contributed by atoms with Gasteiger partial charge in [-0.25, -0.2) is 4.79 Å². The summed E-state index contributed by atoms with van der Waals surface area (Å²) in [5.41, 5.74) is 0.910. The fourth-order valence-electron chi connectivity index (χ4n) is 2.67. The summed E-state index contributed by atoms with van der Waals surface area (Å²) in [6, 6.07) is 10.4. The zero-order valence-corrected chi connectivity index (χ0v) is 16.0. The van der Waals surface area contributed by atoms with Gasteiger partial charge in [0, 0.05) is 6.92 Å². The number of amides is 2. The Labute approximate surface area is 165 Å². The largest absolute Gasteiger partial charge is 0.475 e. The van der Waals surface area contributed by atoms with Crippen LogP contribution in [0.1, 0.15) is 19.4 Å². The van der Waals surface area contributed by atoms with Gasteiger partial charge in [0.05, 0.1) is 17.8 Å². The molecule has 1 aromatic carbocycles. The standard InChI is InChI=1S/C19H17N3O5S/c1-11(17(24)21-18-13(9-20)7-8-28-18)26-19(25)16-10-22(12(2)23)14-5-3-4-6-15(14)27-16/h3-8,11,16H,10H2,1-2H3,(H,21,24)/t11-,16-/m1/s1. The fourth-order valence-corrected chi connectivity index (χ4v) is 3.41. The first-order valence-corrected chi connectivity index (χ1v) is 9.31. The molecule has 9 heteroatoms. The molecule has 2 heterocycles. The summed E-state index contributed by atoms with van der Waals surface area (Å²) in [6.45, 7) is 2.81. The third-order valence-electron chi connectivity index (χ3n) is 4.10. The number of fused-ring (bicyclic) bond motifs is 1. The number of ether oxygens (including phenoxy) is 2. The molecule has 2 amide bonds. The number of thiophene rings is 1. The topological polar surface area (TPSA) is 109 Å². The van der Waals surface area contributed by atoms with Crippen LogP contribution in [0.15, 0.2) is 35.7 Å². The highest BCUT2D eigenvalue weighted by Crippen LogP contribution is 2.33. The van der Waals surface area contributed by atoms with Crippen LogP contribution in [-0.2, 0) is 19.1 Å². The molecule has 0 saturated carbocycles. The molecule has 0 spiro atoms. The second kappa shape index (κ2) is 8.10. The molecular weight excluding hydrogens is 382 g/mol. The third-order valence-corrected chi connectivity index (χ3v) is 4.93. The number of carbonyl (C=O) groups excluding carboxylic acids is 3. The highest BCUT2D eigenvalue weighted by atomic mass is 32.1. The molecule has 1 aliphatic heterocycles. The van der Waals surface area contributed by atoms with E-state index in [0.29, 0.717) is 22.0 Å². The van der Waals surface area contributed by atoms with Crippen molar-refractivity contribution in [3.63, 3.8) is 0 Å². The van der Waals surface area contributed by atoms with Crippen molar-refractivity contribution in [3.05, 3.63) is 41.3 Å². The van der Waals surface area contributed by atoms with Crippen molar-refractivity contribution in [2.75, 3.05) is 16.8 Å². The lowest BCUT2D eigenvalue weighted by Gasteiger charge is -2.33. The number of nitrogens with zero attached hydrogens (tertiary/aromatic N) is 2. The predicted molar refractivity (Wildman–Crippen MR) is 102 cm³/mol. The predicted octanol–water partition coefficient (Wildman–Crippen LogP) is 2.30. The number of carbonyl (C=O) groups is 3. The maximum Gasteiger partial charge on any atom is 0.350 e. The van der Waals surface area contributed by atoms with E-state index in [4.69, 9.17) is 14.7 Å². The van der Waals surface area contributed by atoms with Gasteiger partial charge in [-0.15, -0.1) is 11.3 Å². The Morgan fingerprint density at radius 1 is 1.36 bits per heavy atom. The van der Waals surface area contributed by atoms with E-state index in [1.165, 1.54) is 30.1 Å². The van der Waals surface area contributed by atoms with Gasteiger partial charge in [0.2, 0.25) is 12.0 Å². The number of hydrogen-bond acceptors (Lipinski definition) is 7. The molecule has 144 valence electrons. The van der Waals surface area contributed by atoms with Gasteiger partial charge in [0.25, 0.3) is 5.91 Å². The minimum atomic E-state index is -1.10. The van der Waals surface area contributed by atoms with Gasteiger partial charge in [-0.3, -0.25) is 9.59 Å². The maximum atomic E-state index is 12.5. The minimum absolute atomic E-state index is 0.0109. The molecule has 2 aromatic rings. The Bertz CT molecular complexity index is 964. The van der Waals surface area contributed by atoms with Gasteiger partial charge in [-0.05, 0) is 30.5 Å². The number of nitrogens with one attached hydrogen (secondary N) is 1. The molecule has 0 radical (unpaired) electrons.